The first kappa shape index (κ1) is 10.2. The summed E-state index contributed by atoms with van der Waals surface area (Å²) in [6.07, 6.45) is 4.58. The Morgan fingerprint density at radius 1 is 1.50 bits per heavy atom. The van der Waals surface area contributed by atoms with Crippen LogP contribution in [0, 0.1) is 0 Å². The molecule has 0 radical (unpaired) electrons. The molecule has 1 aliphatic heterocycles. The maximum atomic E-state index is 5.67. The number of hydrogen-bond acceptors (Lipinski definition) is 5. The van der Waals surface area contributed by atoms with Gasteiger partial charge in [-0.1, -0.05) is 5.16 Å². The first-order chi connectivity index (χ1) is 7.76. The van der Waals surface area contributed by atoms with Gasteiger partial charge in [-0.3, -0.25) is 0 Å². The molecule has 0 spiro atoms. The van der Waals surface area contributed by atoms with Gasteiger partial charge in [-0.2, -0.15) is 4.98 Å². The third-order valence-electron chi connectivity index (χ3n) is 3.28. The van der Waals surface area contributed by atoms with Gasteiger partial charge in [0.25, 0.3) is 0 Å². The van der Waals surface area contributed by atoms with Crippen molar-refractivity contribution in [2.24, 2.45) is 0 Å². The van der Waals surface area contributed by atoms with Crippen LogP contribution in [0.1, 0.15) is 44.3 Å². The zero-order valence-electron chi connectivity index (χ0n) is 9.53. The Bertz CT molecular complexity index is 367. The molecule has 5 heteroatoms. The van der Waals surface area contributed by atoms with Crippen molar-refractivity contribution in [1.29, 1.82) is 0 Å². The molecule has 2 fully saturated rings. The molecule has 1 aliphatic carbocycles. The summed E-state index contributed by atoms with van der Waals surface area (Å²) >= 11 is 0. The summed E-state index contributed by atoms with van der Waals surface area (Å²) in [5, 5.41) is 7.37. The second-order valence-electron chi connectivity index (χ2n) is 4.85. The van der Waals surface area contributed by atoms with Crippen LogP contribution in [0.15, 0.2) is 4.52 Å². The summed E-state index contributed by atoms with van der Waals surface area (Å²) in [6.45, 7) is 3.50. The van der Waals surface area contributed by atoms with Crippen LogP contribution in [0.5, 0.6) is 0 Å². The summed E-state index contributed by atoms with van der Waals surface area (Å²) in [5.41, 5.74) is -0.332. The Kier molecular flexibility index (Phi) is 2.44. The van der Waals surface area contributed by atoms with Crippen LogP contribution >= 0.6 is 0 Å². The molecule has 88 valence electrons. The number of aromatic nitrogens is 2. The second-order valence-corrected chi connectivity index (χ2v) is 4.85. The molecule has 1 atom stereocenters. The highest BCUT2D eigenvalue weighted by Gasteiger charge is 2.36. The Hall–Kier alpha value is -0.940. The highest BCUT2D eigenvalue weighted by molar-refractivity contribution is 5.01. The number of rotatable bonds is 4. The Balaban J connectivity index is 1.66. The fourth-order valence-corrected chi connectivity index (χ4v) is 2.02. The van der Waals surface area contributed by atoms with E-state index in [0.717, 1.165) is 19.4 Å². The predicted molar refractivity (Wildman–Crippen MR) is 56.7 cm³/mol. The van der Waals surface area contributed by atoms with E-state index < -0.39 is 0 Å². The van der Waals surface area contributed by atoms with Crippen LogP contribution < -0.4 is 5.32 Å². The molecule has 1 saturated heterocycles. The molecule has 0 amide bonds. The van der Waals surface area contributed by atoms with E-state index in [1.54, 1.807) is 0 Å². The predicted octanol–water partition coefficient (Wildman–Crippen LogP) is 1.35. The minimum absolute atomic E-state index is 0.332. The molecule has 1 N–H and O–H groups in total. The molecule has 1 unspecified atom stereocenters. The maximum Gasteiger partial charge on any atom is 0.240 e. The fraction of sp³-hybridized carbons (Fsp3) is 0.818. The van der Waals surface area contributed by atoms with Gasteiger partial charge in [0.15, 0.2) is 0 Å². The molecule has 1 aromatic rings. The van der Waals surface area contributed by atoms with E-state index in [0.29, 0.717) is 24.3 Å². The van der Waals surface area contributed by atoms with E-state index in [-0.39, 0.29) is 5.60 Å². The van der Waals surface area contributed by atoms with Crippen LogP contribution in [0.25, 0.3) is 0 Å². The van der Waals surface area contributed by atoms with Gasteiger partial charge in [0.2, 0.25) is 11.7 Å². The zero-order valence-corrected chi connectivity index (χ0v) is 9.53. The van der Waals surface area contributed by atoms with Gasteiger partial charge in [-0.25, -0.2) is 0 Å². The van der Waals surface area contributed by atoms with Crippen molar-refractivity contribution in [2.75, 3.05) is 6.61 Å². The molecule has 3 rings (SSSR count). The van der Waals surface area contributed by atoms with Crippen molar-refractivity contribution < 1.29 is 9.26 Å². The second kappa shape index (κ2) is 3.82. The van der Waals surface area contributed by atoms with Crippen molar-refractivity contribution in [3.05, 3.63) is 11.7 Å². The van der Waals surface area contributed by atoms with E-state index in [4.69, 9.17) is 9.26 Å². The van der Waals surface area contributed by atoms with Gasteiger partial charge >= 0.3 is 0 Å². The topological polar surface area (TPSA) is 60.2 Å². The van der Waals surface area contributed by atoms with Crippen molar-refractivity contribution in [2.45, 2.75) is 50.8 Å². The van der Waals surface area contributed by atoms with Crippen molar-refractivity contribution in [3.63, 3.8) is 0 Å². The molecular formula is C11H17N3O2. The zero-order chi connectivity index (χ0) is 11.0. The summed E-state index contributed by atoms with van der Waals surface area (Å²) in [4.78, 5) is 4.40. The third kappa shape index (κ3) is 1.97. The van der Waals surface area contributed by atoms with Crippen molar-refractivity contribution in [3.8, 4) is 0 Å². The number of nitrogens with zero attached hydrogens (tertiary/aromatic N) is 2. The third-order valence-corrected chi connectivity index (χ3v) is 3.28. The largest absolute Gasteiger partial charge is 0.367 e. The average Bonchev–Trinajstić information content (AvgIpc) is 2.79. The quantitative estimate of drug-likeness (QED) is 0.834. The molecule has 5 nitrogen and oxygen atoms in total. The van der Waals surface area contributed by atoms with Gasteiger partial charge in [-0.05, 0) is 32.6 Å². The van der Waals surface area contributed by atoms with Crippen molar-refractivity contribution >= 4 is 0 Å². The lowest BCUT2D eigenvalue weighted by molar-refractivity contribution is 0.00768. The molecule has 1 aromatic heterocycles. The lowest BCUT2D eigenvalue weighted by atomic mass is 10.0. The number of ether oxygens (including phenoxy) is 1. The number of nitrogens with one attached hydrogen (secondary N) is 1. The van der Waals surface area contributed by atoms with Gasteiger partial charge in [0, 0.05) is 12.6 Å². The van der Waals surface area contributed by atoms with Gasteiger partial charge in [0.1, 0.15) is 5.60 Å². The standard InChI is InChI=1S/C11H17N3O2/c1-11(5-2-6-15-11)10-13-9(16-14-10)7-12-8-3-4-8/h8,12H,2-7H2,1H3. The minimum Gasteiger partial charge on any atom is -0.367 e. The Labute approximate surface area is 94.6 Å². The van der Waals surface area contributed by atoms with Gasteiger partial charge in [-0.15, -0.1) is 0 Å². The first-order valence-electron chi connectivity index (χ1n) is 5.97. The molecule has 1 saturated carbocycles. The number of hydrogen-bond donors (Lipinski definition) is 1. The van der Waals surface area contributed by atoms with Gasteiger partial charge in [0.05, 0.1) is 6.54 Å². The van der Waals surface area contributed by atoms with Crippen LogP contribution in [0.2, 0.25) is 0 Å². The smallest absolute Gasteiger partial charge is 0.240 e. The Morgan fingerprint density at radius 3 is 3.06 bits per heavy atom. The molecule has 0 bridgehead atoms. The van der Waals surface area contributed by atoms with E-state index in [1.807, 2.05) is 6.92 Å². The van der Waals surface area contributed by atoms with E-state index in [1.165, 1.54) is 12.8 Å². The lowest BCUT2D eigenvalue weighted by Crippen LogP contribution is -2.22. The van der Waals surface area contributed by atoms with Crippen LogP contribution in [-0.4, -0.2) is 22.8 Å². The van der Waals surface area contributed by atoms with Gasteiger partial charge < -0.3 is 14.6 Å². The van der Waals surface area contributed by atoms with E-state index in [2.05, 4.69) is 15.5 Å². The average molecular weight is 223 g/mol. The molecule has 2 aliphatic rings. The SMILES string of the molecule is CC1(c2noc(CNC3CC3)n2)CCCO1. The summed E-state index contributed by atoms with van der Waals surface area (Å²) < 4.78 is 10.9. The minimum atomic E-state index is -0.332. The molecule has 2 heterocycles. The highest BCUT2D eigenvalue weighted by Crippen LogP contribution is 2.33. The summed E-state index contributed by atoms with van der Waals surface area (Å²) in [5.74, 6) is 1.36. The highest BCUT2D eigenvalue weighted by atomic mass is 16.5. The first-order valence-corrected chi connectivity index (χ1v) is 5.97. The van der Waals surface area contributed by atoms with E-state index in [9.17, 15) is 0 Å². The lowest BCUT2D eigenvalue weighted by Gasteiger charge is -2.17. The van der Waals surface area contributed by atoms with Crippen molar-refractivity contribution in [1.82, 2.24) is 15.5 Å². The summed E-state index contributed by atoms with van der Waals surface area (Å²) in [7, 11) is 0. The maximum absolute atomic E-state index is 5.67. The van der Waals surface area contributed by atoms with Crippen LogP contribution in [0.3, 0.4) is 0 Å². The fourth-order valence-electron chi connectivity index (χ4n) is 2.02. The van der Waals surface area contributed by atoms with E-state index >= 15 is 0 Å². The monoisotopic (exact) mass is 223 g/mol. The molecular weight excluding hydrogens is 206 g/mol. The normalized spacial score (nSPS) is 29.8. The summed E-state index contributed by atoms with van der Waals surface area (Å²) in [6, 6.07) is 0.661. The Morgan fingerprint density at radius 2 is 2.38 bits per heavy atom. The van der Waals surface area contributed by atoms with Crippen LogP contribution in [-0.2, 0) is 16.9 Å². The van der Waals surface area contributed by atoms with Crippen LogP contribution in [0.4, 0.5) is 0 Å². The molecule has 0 aromatic carbocycles. The molecule has 16 heavy (non-hydrogen) atoms.